The van der Waals surface area contributed by atoms with Crippen molar-refractivity contribution in [2.24, 2.45) is 0 Å². The van der Waals surface area contributed by atoms with Gasteiger partial charge in [-0.25, -0.2) is 0 Å². The molecule has 1 aliphatic rings. The van der Waals surface area contributed by atoms with Crippen molar-refractivity contribution in [3.8, 4) is 0 Å². The molecule has 1 aromatic carbocycles. The third kappa shape index (κ3) is 4.36. The van der Waals surface area contributed by atoms with Crippen molar-refractivity contribution < 1.29 is 5.11 Å². The van der Waals surface area contributed by atoms with Crippen LogP contribution < -0.4 is 5.32 Å². The highest BCUT2D eigenvalue weighted by Crippen LogP contribution is 2.15. The molecule has 5 heteroatoms. The molecular formula is C12H20Cl2N2O. The first kappa shape index (κ1) is 16.5. The molecule has 2 atom stereocenters. The SMILES string of the molecule is CCN1C[C@H](Nc2ccccc2)[C@@H](O)C1.Cl.Cl. The van der Waals surface area contributed by atoms with Crippen LogP contribution in [0.25, 0.3) is 0 Å². The number of anilines is 1. The average Bonchev–Trinajstić information content (AvgIpc) is 2.61. The van der Waals surface area contributed by atoms with Crippen molar-refractivity contribution >= 4 is 30.5 Å². The summed E-state index contributed by atoms with van der Waals surface area (Å²) in [6, 6.07) is 10.2. The van der Waals surface area contributed by atoms with E-state index in [0.717, 1.165) is 25.3 Å². The van der Waals surface area contributed by atoms with E-state index in [1.54, 1.807) is 0 Å². The van der Waals surface area contributed by atoms with E-state index < -0.39 is 0 Å². The number of β-amino-alcohol motifs (C(OH)–C–C–N with tert-alkyl or cyclic N) is 1. The van der Waals surface area contributed by atoms with Crippen molar-refractivity contribution in [3.63, 3.8) is 0 Å². The molecule has 1 heterocycles. The standard InChI is InChI=1S/C12H18N2O.2ClH/c1-2-14-8-11(12(15)9-14)13-10-6-4-3-5-7-10;;/h3-7,11-13,15H,2,8-9H2,1H3;2*1H/t11-,12-;;/m0../s1. The first-order chi connectivity index (χ1) is 7.29. The highest BCUT2D eigenvalue weighted by Gasteiger charge is 2.29. The Morgan fingerprint density at radius 2 is 1.88 bits per heavy atom. The van der Waals surface area contributed by atoms with Crippen LogP contribution in [0.2, 0.25) is 0 Å². The van der Waals surface area contributed by atoms with Crippen molar-refractivity contribution in [2.45, 2.75) is 19.1 Å². The second-order valence-electron chi connectivity index (χ2n) is 4.04. The molecule has 0 amide bonds. The Bertz CT molecular complexity index is 311. The lowest BCUT2D eigenvalue weighted by Crippen LogP contribution is -2.31. The van der Waals surface area contributed by atoms with Crippen molar-refractivity contribution in [3.05, 3.63) is 30.3 Å². The van der Waals surface area contributed by atoms with Crippen LogP contribution >= 0.6 is 24.8 Å². The molecule has 17 heavy (non-hydrogen) atoms. The Morgan fingerprint density at radius 1 is 1.24 bits per heavy atom. The molecule has 2 rings (SSSR count). The molecule has 0 saturated carbocycles. The summed E-state index contributed by atoms with van der Waals surface area (Å²) in [5, 5.41) is 13.2. The number of hydrogen-bond donors (Lipinski definition) is 2. The van der Waals surface area contributed by atoms with Gasteiger partial charge in [-0.05, 0) is 18.7 Å². The number of halogens is 2. The summed E-state index contributed by atoms with van der Waals surface area (Å²) in [5.41, 5.74) is 1.08. The predicted molar refractivity (Wildman–Crippen MR) is 76.5 cm³/mol. The Balaban J connectivity index is 0.00000128. The quantitative estimate of drug-likeness (QED) is 0.888. The van der Waals surface area contributed by atoms with Gasteiger partial charge in [-0.15, -0.1) is 24.8 Å². The second-order valence-corrected chi connectivity index (χ2v) is 4.04. The van der Waals surface area contributed by atoms with E-state index in [2.05, 4.69) is 17.1 Å². The molecule has 3 nitrogen and oxygen atoms in total. The zero-order chi connectivity index (χ0) is 10.7. The summed E-state index contributed by atoms with van der Waals surface area (Å²) >= 11 is 0. The predicted octanol–water partition coefficient (Wildman–Crippen LogP) is 2.01. The van der Waals surface area contributed by atoms with Gasteiger partial charge in [0.05, 0.1) is 12.1 Å². The molecule has 0 radical (unpaired) electrons. The molecular weight excluding hydrogens is 259 g/mol. The Hall–Kier alpha value is -0.480. The molecule has 2 N–H and O–H groups in total. The Labute approximate surface area is 115 Å². The smallest absolute Gasteiger partial charge is 0.0880 e. The van der Waals surface area contributed by atoms with Gasteiger partial charge < -0.3 is 10.4 Å². The number of likely N-dealkylation sites (tertiary alicyclic amines) is 1. The highest BCUT2D eigenvalue weighted by molar-refractivity contribution is 5.85. The molecule has 1 aliphatic heterocycles. The van der Waals surface area contributed by atoms with Gasteiger partial charge in [0.15, 0.2) is 0 Å². The third-order valence-electron chi connectivity index (χ3n) is 2.94. The minimum atomic E-state index is -0.259. The molecule has 0 bridgehead atoms. The Morgan fingerprint density at radius 3 is 2.41 bits per heavy atom. The molecule has 0 aliphatic carbocycles. The van der Waals surface area contributed by atoms with Crippen molar-refractivity contribution in [2.75, 3.05) is 25.0 Å². The maximum Gasteiger partial charge on any atom is 0.0880 e. The average molecular weight is 279 g/mol. The molecule has 98 valence electrons. The van der Waals surface area contributed by atoms with E-state index in [9.17, 15) is 5.11 Å². The van der Waals surface area contributed by atoms with Crippen LogP contribution in [0.15, 0.2) is 30.3 Å². The van der Waals surface area contributed by atoms with E-state index in [0.29, 0.717) is 0 Å². The van der Waals surface area contributed by atoms with Crippen LogP contribution in [0.5, 0.6) is 0 Å². The Kier molecular flexibility index (Phi) is 7.55. The van der Waals surface area contributed by atoms with E-state index in [1.165, 1.54) is 0 Å². The van der Waals surface area contributed by atoms with Crippen molar-refractivity contribution in [1.29, 1.82) is 0 Å². The lowest BCUT2D eigenvalue weighted by Gasteiger charge is -2.17. The molecule has 1 saturated heterocycles. The summed E-state index contributed by atoms with van der Waals surface area (Å²) in [5.74, 6) is 0. The second kappa shape index (κ2) is 7.77. The fraction of sp³-hybridized carbons (Fsp3) is 0.500. The van der Waals surface area contributed by atoms with Gasteiger partial charge in [0.25, 0.3) is 0 Å². The van der Waals surface area contributed by atoms with Crippen LogP contribution in [-0.4, -0.2) is 41.8 Å². The first-order valence-corrected chi connectivity index (χ1v) is 5.51. The summed E-state index contributed by atoms with van der Waals surface area (Å²) in [4.78, 5) is 2.26. The summed E-state index contributed by atoms with van der Waals surface area (Å²) in [6.07, 6.45) is -0.259. The fourth-order valence-electron chi connectivity index (χ4n) is 2.01. The van der Waals surface area contributed by atoms with Gasteiger partial charge in [-0.3, -0.25) is 4.90 Å². The van der Waals surface area contributed by atoms with Crippen LogP contribution in [-0.2, 0) is 0 Å². The van der Waals surface area contributed by atoms with Gasteiger partial charge in [0, 0.05) is 18.8 Å². The number of likely N-dealkylation sites (N-methyl/N-ethyl adjacent to an activating group) is 1. The number of nitrogens with zero attached hydrogens (tertiary/aromatic N) is 1. The number of benzene rings is 1. The minimum Gasteiger partial charge on any atom is -0.390 e. The van der Waals surface area contributed by atoms with Crippen molar-refractivity contribution in [1.82, 2.24) is 4.90 Å². The highest BCUT2D eigenvalue weighted by atomic mass is 35.5. The first-order valence-electron chi connectivity index (χ1n) is 5.51. The van der Waals surface area contributed by atoms with Gasteiger partial charge in [0.2, 0.25) is 0 Å². The number of aliphatic hydroxyl groups is 1. The van der Waals surface area contributed by atoms with Crippen LogP contribution in [0, 0.1) is 0 Å². The van der Waals surface area contributed by atoms with Gasteiger partial charge >= 0.3 is 0 Å². The normalized spacial score (nSPS) is 23.6. The summed E-state index contributed by atoms with van der Waals surface area (Å²) in [6.45, 7) is 4.83. The monoisotopic (exact) mass is 278 g/mol. The topological polar surface area (TPSA) is 35.5 Å². The van der Waals surface area contributed by atoms with Gasteiger partial charge in [-0.1, -0.05) is 25.1 Å². The lowest BCUT2D eigenvalue weighted by atomic mass is 10.2. The van der Waals surface area contributed by atoms with E-state index >= 15 is 0 Å². The minimum absolute atomic E-state index is 0. The van der Waals surface area contributed by atoms with Gasteiger partial charge in [-0.2, -0.15) is 0 Å². The van der Waals surface area contributed by atoms with E-state index in [1.807, 2.05) is 30.3 Å². The summed E-state index contributed by atoms with van der Waals surface area (Å²) < 4.78 is 0. The van der Waals surface area contributed by atoms with Crippen LogP contribution in [0.3, 0.4) is 0 Å². The molecule has 1 fully saturated rings. The fourth-order valence-corrected chi connectivity index (χ4v) is 2.01. The summed E-state index contributed by atoms with van der Waals surface area (Å²) in [7, 11) is 0. The van der Waals surface area contributed by atoms with E-state index in [-0.39, 0.29) is 37.0 Å². The molecule has 1 aromatic rings. The molecule has 0 spiro atoms. The largest absolute Gasteiger partial charge is 0.390 e. The number of aliphatic hydroxyl groups excluding tert-OH is 1. The maximum absolute atomic E-state index is 9.85. The number of rotatable bonds is 3. The number of hydrogen-bond acceptors (Lipinski definition) is 3. The third-order valence-corrected chi connectivity index (χ3v) is 2.94. The molecule has 0 aromatic heterocycles. The lowest BCUT2D eigenvalue weighted by molar-refractivity contribution is 0.171. The van der Waals surface area contributed by atoms with E-state index in [4.69, 9.17) is 0 Å². The van der Waals surface area contributed by atoms with Gasteiger partial charge in [0.1, 0.15) is 0 Å². The molecule has 0 unspecified atom stereocenters. The zero-order valence-electron chi connectivity index (χ0n) is 9.87. The maximum atomic E-state index is 9.85. The number of para-hydroxylation sites is 1. The van der Waals surface area contributed by atoms with Crippen LogP contribution in [0.1, 0.15) is 6.92 Å². The zero-order valence-corrected chi connectivity index (χ0v) is 11.5. The van der Waals surface area contributed by atoms with Crippen LogP contribution in [0.4, 0.5) is 5.69 Å². The number of nitrogens with one attached hydrogen (secondary N) is 1.